The fourth-order valence-electron chi connectivity index (χ4n) is 2.83. The van der Waals surface area contributed by atoms with Gasteiger partial charge >= 0.3 is 5.97 Å². The molecular weight excluding hydrogens is 373 g/mol. The van der Waals surface area contributed by atoms with E-state index in [9.17, 15) is 9.59 Å². The number of hydrogen-bond donors (Lipinski definition) is 0. The second kappa shape index (κ2) is 7.68. The Labute approximate surface area is 162 Å². The number of ether oxygens (including phenoxy) is 1. The fourth-order valence-corrected chi connectivity index (χ4v) is 3.08. The van der Waals surface area contributed by atoms with Gasteiger partial charge in [-0.2, -0.15) is 0 Å². The van der Waals surface area contributed by atoms with Gasteiger partial charge in [-0.15, -0.1) is 0 Å². The second-order valence-electron chi connectivity index (χ2n) is 6.54. The largest absolute Gasteiger partial charge is 0.455 e. The van der Waals surface area contributed by atoms with Crippen LogP contribution in [0.1, 0.15) is 24.0 Å². The molecule has 0 heterocycles. The summed E-state index contributed by atoms with van der Waals surface area (Å²) < 4.78 is 5.31. The molecule has 2 aromatic rings. The van der Waals surface area contributed by atoms with Gasteiger partial charge in [0.1, 0.15) is 0 Å². The van der Waals surface area contributed by atoms with E-state index in [0.717, 1.165) is 24.0 Å². The van der Waals surface area contributed by atoms with E-state index in [2.05, 4.69) is 0 Å². The molecule has 1 aliphatic carbocycles. The van der Waals surface area contributed by atoms with Gasteiger partial charge in [0.05, 0.1) is 5.41 Å². The van der Waals surface area contributed by atoms with Gasteiger partial charge in [-0.05, 0) is 48.2 Å². The van der Waals surface area contributed by atoms with Crippen LogP contribution in [0.4, 0.5) is 0 Å². The van der Waals surface area contributed by atoms with Crippen molar-refractivity contribution in [2.75, 3.05) is 13.7 Å². The van der Waals surface area contributed by atoms with Gasteiger partial charge in [-0.1, -0.05) is 47.5 Å². The van der Waals surface area contributed by atoms with Crippen molar-refractivity contribution < 1.29 is 14.3 Å². The summed E-state index contributed by atoms with van der Waals surface area (Å²) in [6, 6.07) is 14.5. The van der Waals surface area contributed by atoms with Crippen LogP contribution in [0.5, 0.6) is 0 Å². The third-order valence-corrected chi connectivity index (χ3v) is 5.13. The molecule has 6 heteroatoms. The number of esters is 1. The van der Waals surface area contributed by atoms with Crippen molar-refractivity contribution in [2.24, 2.45) is 0 Å². The van der Waals surface area contributed by atoms with Crippen LogP contribution in [0.2, 0.25) is 10.0 Å². The number of likely N-dealkylation sites (N-methyl/N-ethyl adjacent to an activating group) is 1. The molecule has 0 spiro atoms. The summed E-state index contributed by atoms with van der Waals surface area (Å²) in [4.78, 5) is 26.3. The van der Waals surface area contributed by atoms with Gasteiger partial charge < -0.3 is 9.64 Å². The summed E-state index contributed by atoms with van der Waals surface area (Å²) >= 11 is 11.8. The van der Waals surface area contributed by atoms with Crippen LogP contribution in [0.3, 0.4) is 0 Å². The van der Waals surface area contributed by atoms with Crippen molar-refractivity contribution in [1.29, 1.82) is 0 Å². The molecule has 1 amide bonds. The zero-order chi connectivity index (χ0) is 18.7. The maximum Gasteiger partial charge on any atom is 0.317 e. The molecule has 0 aliphatic heterocycles. The monoisotopic (exact) mass is 391 g/mol. The van der Waals surface area contributed by atoms with E-state index >= 15 is 0 Å². The Kier molecular flexibility index (Phi) is 5.54. The van der Waals surface area contributed by atoms with Crippen LogP contribution < -0.4 is 0 Å². The van der Waals surface area contributed by atoms with Crippen molar-refractivity contribution in [3.05, 3.63) is 69.7 Å². The molecule has 0 N–H and O–H groups in total. The molecule has 4 nitrogen and oxygen atoms in total. The summed E-state index contributed by atoms with van der Waals surface area (Å²) in [6.45, 7) is 0.161. The first-order chi connectivity index (χ1) is 12.4. The molecule has 1 saturated carbocycles. The maximum atomic E-state index is 12.5. The molecule has 1 fully saturated rings. The lowest BCUT2D eigenvalue weighted by Crippen LogP contribution is -2.33. The number of hydrogen-bond acceptors (Lipinski definition) is 3. The zero-order valence-corrected chi connectivity index (χ0v) is 15.9. The van der Waals surface area contributed by atoms with Crippen molar-refractivity contribution in [2.45, 2.75) is 24.8 Å². The van der Waals surface area contributed by atoms with E-state index in [1.807, 2.05) is 24.3 Å². The van der Waals surface area contributed by atoms with E-state index in [1.54, 1.807) is 31.3 Å². The van der Waals surface area contributed by atoms with Gasteiger partial charge in [-0.3, -0.25) is 9.59 Å². The Bertz CT molecular complexity index is 799. The van der Waals surface area contributed by atoms with Gasteiger partial charge in [0.25, 0.3) is 5.91 Å². The van der Waals surface area contributed by atoms with Gasteiger partial charge in [-0.25, -0.2) is 0 Å². The van der Waals surface area contributed by atoms with Crippen LogP contribution in [-0.4, -0.2) is 30.4 Å². The van der Waals surface area contributed by atoms with Crippen molar-refractivity contribution in [3.63, 3.8) is 0 Å². The topological polar surface area (TPSA) is 46.6 Å². The number of carbonyl (C=O) groups excluding carboxylic acids is 2. The molecule has 136 valence electrons. The highest BCUT2D eigenvalue weighted by molar-refractivity contribution is 6.30. The first-order valence-electron chi connectivity index (χ1n) is 8.32. The number of nitrogens with zero attached hydrogens (tertiary/aromatic N) is 1. The van der Waals surface area contributed by atoms with E-state index < -0.39 is 5.41 Å². The van der Waals surface area contributed by atoms with Crippen LogP contribution in [-0.2, 0) is 26.3 Å². The number of halogens is 2. The number of amides is 1. The van der Waals surface area contributed by atoms with Crippen LogP contribution in [0.25, 0.3) is 0 Å². The summed E-state index contributed by atoms with van der Waals surface area (Å²) in [7, 11) is 1.68. The Morgan fingerprint density at radius 2 is 1.54 bits per heavy atom. The lowest BCUT2D eigenvalue weighted by Gasteiger charge is -2.19. The molecule has 0 atom stereocenters. The van der Waals surface area contributed by atoms with Gasteiger partial charge in [0.2, 0.25) is 0 Å². The molecule has 0 aromatic heterocycles. The SMILES string of the molecule is CN(Cc1ccc(Cl)cc1)C(=O)COC(=O)C1(c2ccc(Cl)cc2)CC1. The molecule has 0 saturated heterocycles. The van der Waals surface area contributed by atoms with E-state index in [-0.39, 0.29) is 18.5 Å². The van der Waals surface area contributed by atoms with Crippen LogP contribution >= 0.6 is 23.2 Å². The fraction of sp³-hybridized carbons (Fsp3) is 0.300. The Morgan fingerprint density at radius 1 is 1.00 bits per heavy atom. The highest BCUT2D eigenvalue weighted by atomic mass is 35.5. The molecule has 26 heavy (non-hydrogen) atoms. The highest BCUT2D eigenvalue weighted by Crippen LogP contribution is 2.49. The summed E-state index contributed by atoms with van der Waals surface area (Å²) in [5, 5.41) is 1.27. The molecule has 0 bridgehead atoms. The zero-order valence-electron chi connectivity index (χ0n) is 14.4. The summed E-state index contributed by atoms with van der Waals surface area (Å²) in [5.41, 5.74) is 1.21. The van der Waals surface area contributed by atoms with Crippen molar-refractivity contribution in [3.8, 4) is 0 Å². The van der Waals surface area contributed by atoms with Crippen LogP contribution in [0, 0.1) is 0 Å². The average molecular weight is 392 g/mol. The molecular formula is C20H19Cl2NO3. The Balaban J connectivity index is 1.54. The van der Waals surface area contributed by atoms with Crippen LogP contribution in [0.15, 0.2) is 48.5 Å². The average Bonchev–Trinajstić information content (AvgIpc) is 3.43. The van der Waals surface area contributed by atoms with Crippen molar-refractivity contribution in [1.82, 2.24) is 4.90 Å². The van der Waals surface area contributed by atoms with E-state index in [0.29, 0.717) is 16.6 Å². The molecule has 0 unspecified atom stereocenters. The third kappa shape index (κ3) is 4.19. The first kappa shape index (κ1) is 18.7. The summed E-state index contributed by atoms with van der Waals surface area (Å²) in [6.07, 6.45) is 1.45. The standard InChI is InChI=1S/C20H19Cl2NO3/c1-23(12-14-2-6-16(21)7-3-14)18(24)13-26-19(25)20(10-11-20)15-4-8-17(22)9-5-15/h2-9H,10-13H2,1H3. The highest BCUT2D eigenvalue weighted by Gasteiger charge is 2.52. The summed E-state index contributed by atoms with van der Waals surface area (Å²) in [5.74, 6) is -0.603. The minimum Gasteiger partial charge on any atom is -0.455 e. The first-order valence-corrected chi connectivity index (χ1v) is 9.08. The van der Waals surface area contributed by atoms with Gasteiger partial charge in [0, 0.05) is 23.6 Å². The van der Waals surface area contributed by atoms with Crippen molar-refractivity contribution >= 4 is 35.1 Å². The molecule has 3 rings (SSSR count). The Hall–Kier alpha value is -2.04. The van der Waals surface area contributed by atoms with Gasteiger partial charge in [0.15, 0.2) is 6.61 Å². The lowest BCUT2D eigenvalue weighted by atomic mass is 9.96. The van der Waals surface area contributed by atoms with E-state index in [4.69, 9.17) is 27.9 Å². The maximum absolute atomic E-state index is 12.5. The second-order valence-corrected chi connectivity index (χ2v) is 7.41. The molecule has 1 aliphatic rings. The normalized spacial score (nSPS) is 14.6. The number of rotatable bonds is 6. The minimum absolute atomic E-state index is 0.250. The predicted octanol–water partition coefficient (Wildman–Crippen LogP) is 4.23. The third-order valence-electron chi connectivity index (χ3n) is 4.62. The quantitative estimate of drug-likeness (QED) is 0.692. The molecule has 2 aromatic carbocycles. The minimum atomic E-state index is -0.625. The predicted molar refractivity (Wildman–Crippen MR) is 101 cm³/mol. The number of carbonyl (C=O) groups is 2. The van der Waals surface area contributed by atoms with E-state index in [1.165, 1.54) is 4.90 Å². The number of benzene rings is 2. The molecule has 0 radical (unpaired) electrons. The lowest BCUT2D eigenvalue weighted by molar-refractivity contribution is -0.154. The Morgan fingerprint density at radius 3 is 2.08 bits per heavy atom. The smallest absolute Gasteiger partial charge is 0.317 e.